The Morgan fingerprint density at radius 1 is 0.926 bits per heavy atom. The molecule has 4 aliphatic carbocycles. The maximum atomic E-state index is 11.7. The molecule has 0 amide bonds. The first-order valence-corrected chi connectivity index (χ1v) is 12.5. The van der Waals surface area contributed by atoms with Gasteiger partial charge in [-0.25, -0.2) is 0 Å². The lowest BCUT2D eigenvalue weighted by Crippen LogP contribution is -2.61. The Hall–Kier alpha value is -0.0400. The first-order chi connectivity index (χ1) is 12.8. The van der Waals surface area contributed by atoms with Crippen molar-refractivity contribution in [2.45, 2.75) is 105 Å². The quantitative estimate of drug-likeness (QED) is 0.567. The van der Waals surface area contributed by atoms with Gasteiger partial charge in [-0.2, -0.15) is 0 Å². The molecule has 4 fully saturated rings. The normalized spacial score (nSPS) is 56.1. The van der Waals surface area contributed by atoms with Gasteiger partial charge in [0.05, 0.1) is 6.10 Å². The molecule has 0 heterocycles. The average Bonchev–Trinajstić information content (AvgIpc) is 3.00. The van der Waals surface area contributed by atoms with E-state index in [-0.39, 0.29) is 6.10 Å². The molecular weight excluding hydrogens is 328 g/mol. The minimum absolute atomic E-state index is 0.0383. The van der Waals surface area contributed by atoms with E-state index in [2.05, 4.69) is 41.5 Å². The maximum absolute atomic E-state index is 11.7. The van der Waals surface area contributed by atoms with E-state index in [1.165, 1.54) is 57.8 Å². The van der Waals surface area contributed by atoms with Gasteiger partial charge < -0.3 is 5.11 Å². The smallest absolute Gasteiger partial charge is 0.0605 e. The summed E-state index contributed by atoms with van der Waals surface area (Å²) >= 11 is 0. The summed E-state index contributed by atoms with van der Waals surface area (Å²) in [6.07, 6.45) is 12.3. The topological polar surface area (TPSA) is 20.2 Å². The van der Waals surface area contributed by atoms with Crippen LogP contribution in [0.4, 0.5) is 0 Å². The van der Waals surface area contributed by atoms with Gasteiger partial charge in [0.1, 0.15) is 0 Å². The lowest BCUT2D eigenvalue weighted by Gasteiger charge is -2.65. The van der Waals surface area contributed by atoms with E-state index >= 15 is 0 Å². The first-order valence-electron chi connectivity index (χ1n) is 12.5. The van der Waals surface area contributed by atoms with Gasteiger partial charge in [-0.15, -0.1) is 0 Å². The van der Waals surface area contributed by atoms with Gasteiger partial charge >= 0.3 is 0 Å². The SMILES string of the molecule is CC[C@H]1[C@@H](O)[C@H]2C3CC[C@H]([C@H](C)CC)[C@@]3(C)CCC2[C@@]2(C)CC[C@@H](C)C[C@@H]12. The van der Waals surface area contributed by atoms with E-state index in [1.807, 2.05) is 0 Å². The number of aliphatic hydroxyl groups is 1. The predicted molar refractivity (Wildman–Crippen MR) is 114 cm³/mol. The van der Waals surface area contributed by atoms with Crippen LogP contribution in [0.25, 0.3) is 0 Å². The van der Waals surface area contributed by atoms with Crippen molar-refractivity contribution in [3.05, 3.63) is 0 Å². The van der Waals surface area contributed by atoms with Gasteiger partial charge in [0.15, 0.2) is 0 Å². The van der Waals surface area contributed by atoms with Crippen LogP contribution in [0.2, 0.25) is 0 Å². The van der Waals surface area contributed by atoms with Crippen molar-refractivity contribution in [2.75, 3.05) is 0 Å². The Labute approximate surface area is 169 Å². The Balaban J connectivity index is 1.69. The van der Waals surface area contributed by atoms with E-state index in [4.69, 9.17) is 0 Å². The van der Waals surface area contributed by atoms with Crippen LogP contribution in [0.1, 0.15) is 99.3 Å². The molecule has 1 nitrogen and oxygen atoms in total. The molecule has 4 saturated carbocycles. The standard InChI is InChI=1S/C26H46O/c1-7-17(4)19-9-10-20-23-21(12-14-25(19,20)5)26(6)13-11-16(3)15-22(26)18(8-2)24(23)27/h16-24,27H,7-15H2,1-6H3/t16-,17-,18-,19-,20?,21?,22+,23+,24-,25-,26-/m1/s1. The van der Waals surface area contributed by atoms with E-state index < -0.39 is 0 Å². The van der Waals surface area contributed by atoms with Gasteiger partial charge in [-0.1, -0.05) is 60.8 Å². The summed E-state index contributed by atoms with van der Waals surface area (Å²) in [4.78, 5) is 0. The van der Waals surface area contributed by atoms with Crippen molar-refractivity contribution in [3.63, 3.8) is 0 Å². The zero-order chi connectivity index (χ0) is 19.6. The lowest BCUT2D eigenvalue weighted by molar-refractivity contribution is -0.198. The maximum Gasteiger partial charge on any atom is 0.0605 e. The molecule has 0 spiro atoms. The molecule has 0 radical (unpaired) electrons. The molecule has 11 atom stereocenters. The number of hydrogen-bond donors (Lipinski definition) is 1. The summed E-state index contributed by atoms with van der Waals surface area (Å²) in [6.45, 7) is 15.0. The van der Waals surface area contributed by atoms with Crippen LogP contribution in [0.15, 0.2) is 0 Å². The minimum atomic E-state index is -0.0383. The third-order valence-electron chi connectivity index (χ3n) is 11.1. The Bertz CT molecular complexity index is 542. The van der Waals surface area contributed by atoms with Gasteiger partial charge in [-0.3, -0.25) is 0 Å². The highest BCUT2D eigenvalue weighted by Crippen LogP contribution is 2.69. The summed E-state index contributed by atoms with van der Waals surface area (Å²) in [7, 11) is 0. The molecule has 0 aliphatic heterocycles. The molecule has 27 heavy (non-hydrogen) atoms. The van der Waals surface area contributed by atoms with Gasteiger partial charge in [0.25, 0.3) is 0 Å². The Morgan fingerprint density at radius 2 is 1.59 bits per heavy atom. The summed E-state index contributed by atoms with van der Waals surface area (Å²) in [5.41, 5.74) is 0.980. The van der Waals surface area contributed by atoms with Crippen LogP contribution >= 0.6 is 0 Å². The van der Waals surface area contributed by atoms with Crippen molar-refractivity contribution in [2.24, 2.45) is 58.2 Å². The van der Waals surface area contributed by atoms with Crippen LogP contribution in [-0.2, 0) is 0 Å². The summed E-state index contributed by atoms with van der Waals surface area (Å²) < 4.78 is 0. The zero-order valence-electron chi connectivity index (χ0n) is 19.0. The number of aliphatic hydroxyl groups excluding tert-OH is 1. The summed E-state index contributed by atoms with van der Waals surface area (Å²) in [6, 6.07) is 0. The van der Waals surface area contributed by atoms with Gasteiger partial charge in [-0.05, 0) is 96.7 Å². The fourth-order valence-corrected chi connectivity index (χ4v) is 9.44. The molecule has 4 aliphatic rings. The van der Waals surface area contributed by atoms with Crippen molar-refractivity contribution in [1.82, 2.24) is 0 Å². The van der Waals surface area contributed by atoms with E-state index in [0.29, 0.717) is 22.7 Å². The molecule has 0 aromatic heterocycles. The molecule has 4 rings (SSSR count). The van der Waals surface area contributed by atoms with Crippen molar-refractivity contribution in [1.29, 1.82) is 0 Å². The van der Waals surface area contributed by atoms with E-state index in [1.54, 1.807) is 0 Å². The highest BCUT2D eigenvalue weighted by atomic mass is 16.3. The molecule has 2 unspecified atom stereocenters. The summed E-state index contributed by atoms with van der Waals surface area (Å²) in [5, 5.41) is 11.7. The third kappa shape index (κ3) is 2.80. The van der Waals surface area contributed by atoms with Crippen molar-refractivity contribution in [3.8, 4) is 0 Å². The fourth-order valence-electron chi connectivity index (χ4n) is 9.44. The Morgan fingerprint density at radius 3 is 2.26 bits per heavy atom. The van der Waals surface area contributed by atoms with E-state index in [0.717, 1.165) is 35.5 Å². The molecule has 0 aromatic rings. The molecule has 0 aromatic carbocycles. The van der Waals surface area contributed by atoms with Crippen molar-refractivity contribution < 1.29 is 5.11 Å². The number of fused-ring (bicyclic) bond motifs is 5. The number of hydrogen-bond acceptors (Lipinski definition) is 1. The molecule has 1 heteroatoms. The second-order valence-corrected chi connectivity index (χ2v) is 12.0. The molecular formula is C26H46O. The lowest BCUT2D eigenvalue weighted by atomic mass is 9.41. The second-order valence-electron chi connectivity index (χ2n) is 12.0. The molecule has 1 N–H and O–H groups in total. The monoisotopic (exact) mass is 374 g/mol. The van der Waals surface area contributed by atoms with Gasteiger partial charge in [0, 0.05) is 0 Å². The highest BCUT2D eigenvalue weighted by Gasteiger charge is 2.64. The first kappa shape index (κ1) is 20.2. The van der Waals surface area contributed by atoms with Crippen LogP contribution in [0.3, 0.4) is 0 Å². The van der Waals surface area contributed by atoms with Crippen LogP contribution in [0, 0.1) is 58.2 Å². The van der Waals surface area contributed by atoms with Crippen LogP contribution in [0.5, 0.6) is 0 Å². The predicted octanol–water partition coefficient (Wildman–Crippen LogP) is 6.93. The van der Waals surface area contributed by atoms with Crippen LogP contribution in [-0.4, -0.2) is 11.2 Å². The van der Waals surface area contributed by atoms with Crippen molar-refractivity contribution >= 4 is 0 Å². The highest BCUT2D eigenvalue weighted by molar-refractivity contribution is 5.13. The Kier molecular flexibility index (Phi) is 5.27. The molecule has 0 saturated heterocycles. The van der Waals surface area contributed by atoms with Gasteiger partial charge in [0.2, 0.25) is 0 Å². The fraction of sp³-hybridized carbons (Fsp3) is 1.00. The van der Waals surface area contributed by atoms with Crippen LogP contribution < -0.4 is 0 Å². The summed E-state index contributed by atoms with van der Waals surface area (Å²) in [5.74, 6) is 6.03. The minimum Gasteiger partial charge on any atom is -0.393 e. The zero-order valence-corrected chi connectivity index (χ0v) is 19.0. The third-order valence-corrected chi connectivity index (χ3v) is 11.1. The average molecular weight is 375 g/mol. The largest absolute Gasteiger partial charge is 0.393 e. The molecule has 156 valence electrons. The van der Waals surface area contributed by atoms with E-state index in [9.17, 15) is 5.11 Å². The number of rotatable bonds is 3. The molecule has 0 bridgehead atoms. The second kappa shape index (κ2) is 7.03.